The molecule has 136 valence electrons. The Bertz CT molecular complexity index is 741. The molecule has 0 saturated carbocycles. The molecule has 0 spiro atoms. The van der Waals surface area contributed by atoms with Gasteiger partial charge in [0.05, 0.1) is 32.6 Å². The number of alkyl halides is 1. The third-order valence-electron chi connectivity index (χ3n) is 4.53. The molecule has 0 bridgehead atoms. The van der Waals surface area contributed by atoms with Gasteiger partial charge in [0.25, 0.3) is 16.3 Å². The Morgan fingerprint density at radius 3 is 2.24 bits per heavy atom. The minimum Gasteiger partial charge on any atom is -0.863 e. The molecule has 12 heteroatoms. The van der Waals surface area contributed by atoms with Crippen LogP contribution < -0.4 is 5.11 Å². The van der Waals surface area contributed by atoms with Crippen LogP contribution in [0.1, 0.15) is 19.3 Å². The zero-order valence-corrected chi connectivity index (χ0v) is 15.2. The summed E-state index contributed by atoms with van der Waals surface area (Å²) >= 11 is 3.60. The highest BCUT2D eigenvalue weighted by molar-refractivity contribution is 9.09. The summed E-state index contributed by atoms with van der Waals surface area (Å²) in [4.78, 5) is 32.7. The van der Waals surface area contributed by atoms with Gasteiger partial charge in [-0.1, -0.05) is 15.9 Å². The number of hydrogen-bond donors (Lipinski definition) is 0. The quantitative estimate of drug-likeness (QED) is 0.393. The van der Waals surface area contributed by atoms with E-state index in [0.717, 1.165) is 42.9 Å². The molecular formula is C13H14BrN3O7S. The Balaban J connectivity index is 1.95. The van der Waals surface area contributed by atoms with E-state index in [1.165, 1.54) is 0 Å². The number of halogens is 1. The third kappa shape index (κ3) is 3.03. The average molecular weight is 436 g/mol. The van der Waals surface area contributed by atoms with Crippen molar-refractivity contribution in [1.82, 2.24) is 0 Å². The molecule has 0 aliphatic carbocycles. The first-order valence-corrected chi connectivity index (χ1v) is 10.3. The highest BCUT2D eigenvalue weighted by Gasteiger charge is 2.53. The van der Waals surface area contributed by atoms with Crippen molar-refractivity contribution in [2.45, 2.75) is 29.3 Å². The summed E-state index contributed by atoms with van der Waals surface area (Å²) in [5.41, 5.74) is -2.45. The van der Waals surface area contributed by atoms with Crippen LogP contribution in [0, 0.1) is 25.1 Å². The van der Waals surface area contributed by atoms with Crippen LogP contribution in [0.25, 0.3) is 0 Å². The minimum atomic E-state index is -1.69. The van der Waals surface area contributed by atoms with Crippen molar-refractivity contribution in [2.75, 3.05) is 11.5 Å². The molecule has 3 rings (SSSR count). The lowest BCUT2D eigenvalue weighted by molar-refractivity contribution is -0.696. The lowest BCUT2D eigenvalue weighted by atomic mass is 10.2. The smallest absolute Gasteiger partial charge is 0.331 e. The highest BCUT2D eigenvalue weighted by atomic mass is 79.9. The topological polar surface area (TPSA) is 139 Å². The van der Waals surface area contributed by atoms with Crippen LogP contribution in [0.3, 0.4) is 0 Å². The van der Waals surface area contributed by atoms with E-state index >= 15 is 0 Å². The minimum absolute atomic E-state index is 0.109. The molecule has 2 aliphatic rings. The van der Waals surface area contributed by atoms with Gasteiger partial charge in [0, 0.05) is 21.6 Å². The lowest BCUT2D eigenvalue weighted by Crippen LogP contribution is -2.20. The maximum absolute atomic E-state index is 12.5. The van der Waals surface area contributed by atoms with Crippen LogP contribution in [-0.2, 0) is 4.28 Å². The molecule has 0 aromatic heterocycles. The van der Waals surface area contributed by atoms with Gasteiger partial charge >= 0.3 is 5.69 Å². The molecule has 2 saturated heterocycles. The van der Waals surface area contributed by atoms with E-state index in [-0.39, 0.29) is 15.0 Å². The Kier molecular flexibility index (Phi) is 4.58. The number of rotatable bonds is 5. The summed E-state index contributed by atoms with van der Waals surface area (Å²) in [6.07, 6.45) is 2.72. The zero-order chi connectivity index (χ0) is 18.4. The van der Waals surface area contributed by atoms with Crippen LogP contribution in [0.4, 0.5) is 17.1 Å². The number of benzene rings is 1. The first-order valence-electron chi connectivity index (χ1n) is 7.47. The number of nitrogens with zero attached hydrogens (tertiary/aromatic N) is 3. The Hall–Kier alpha value is -1.95. The lowest BCUT2D eigenvalue weighted by Gasteiger charge is -2.28. The highest BCUT2D eigenvalue weighted by Crippen LogP contribution is 2.67. The van der Waals surface area contributed by atoms with E-state index < -0.39 is 43.0 Å². The maximum atomic E-state index is 12.5. The Labute approximate surface area is 151 Å². The summed E-state index contributed by atoms with van der Waals surface area (Å²) in [6.45, 7) is 0. The van der Waals surface area contributed by atoms with E-state index in [2.05, 4.69) is 15.9 Å². The number of fused-ring (bicyclic) bond motifs is 1. The standard InChI is InChI=1S/C13H14BrN3O7S/c14-9-3-5-25(4-1-2-12(9)25)24-17(23)8-6-10(15(19)20)13(18)11(7-8)16(21)22/h6-7,9,12H,1-5H2. The summed E-state index contributed by atoms with van der Waals surface area (Å²) in [5.74, 6) is 0.149. The molecule has 10 nitrogen and oxygen atoms in total. The summed E-state index contributed by atoms with van der Waals surface area (Å²) < 4.78 is 5.67. The molecule has 1 aromatic rings. The van der Waals surface area contributed by atoms with Crippen molar-refractivity contribution in [3.05, 3.63) is 37.3 Å². The van der Waals surface area contributed by atoms with E-state index in [1.54, 1.807) is 0 Å². The fraction of sp³-hybridized carbons (Fsp3) is 0.538. The van der Waals surface area contributed by atoms with Crippen LogP contribution in [-0.4, -0.2) is 36.4 Å². The monoisotopic (exact) mass is 435 g/mol. The molecule has 0 amide bonds. The Morgan fingerprint density at radius 1 is 1.08 bits per heavy atom. The first kappa shape index (κ1) is 17.9. The normalized spacial score (nSPS) is 30.3. The second-order valence-corrected chi connectivity index (χ2v) is 10.4. The third-order valence-corrected chi connectivity index (χ3v) is 9.98. The van der Waals surface area contributed by atoms with Crippen molar-refractivity contribution >= 4 is 43.3 Å². The van der Waals surface area contributed by atoms with Crippen molar-refractivity contribution in [3.63, 3.8) is 0 Å². The predicted molar refractivity (Wildman–Crippen MR) is 91.2 cm³/mol. The van der Waals surface area contributed by atoms with Gasteiger partial charge in [-0.3, -0.25) is 20.2 Å². The number of nitro benzene ring substituents is 2. The largest absolute Gasteiger partial charge is 0.863 e. The van der Waals surface area contributed by atoms with Gasteiger partial charge in [0.2, 0.25) is 0 Å². The number of nitro groups is 2. The van der Waals surface area contributed by atoms with E-state index in [9.17, 15) is 30.2 Å². The van der Waals surface area contributed by atoms with Gasteiger partial charge in [0.15, 0.2) is 0 Å². The van der Waals surface area contributed by atoms with Crippen LogP contribution >= 0.6 is 26.2 Å². The predicted octanol–water partition coefficient (Wildman–Crippen LogP) is 2.97. The van der Waals surface area contributed by atoms with Gasteiger partial charge in [-0.05, 0) is 29.6 Å². The van der Waals surface area contributed by atoms with Crippen molar-refractivity contribution < 1.29 is 24.2 Å². The van der Waals surface area contributed by atoms with Crippen LogP contribution in [0.15, 0.2) is 12.1 Å². The molecule has 2 aliphatic heterocycles. The first-order chi connectivity index (χ1) is 11.7. The summed E-state index contributed by atoms with van der Waals surface area (Å²) in [7, 11) is -1.69. The zero-order valence-electron chi connectivity index (χ0n) is 12.8. The maximum Gasteiger partial charge on any atom is 0.331 e. The second-order valence-electron chi connectivity index (χ2n) is 5.92. The van der Waals surface area contributed by atoms with Crippen LogP contribution in [0.5, 0.6) is 5.75 Å². The fourth-order valence-electron chi connectivity index (χ4n) is 3.36. The SMILES string of the molecule is O=[N+]([O-])c1cc([N+](=O)OS23CCCC2C(Br)CC3)cc([N+](=O)[O-])c1[O-]. The van der Waals surface area contributed by atoms with Crippen molar-refractivity contribution in [2.24, 2.45) is 0 Å². The van der Waals surface area contributed by atoms with Gasteiger partial charge in [-0.25, -0.2) is 0 Å². The second kappa shape index (κ2) is 6.41. The van der Waals surface area contributed by atoms with E-state index in [1.807, 2.05) is 0 Å². The van der Waals surface area contributed by atoms with Crippen molar-refractivity contribution in [3.8, 4) is 5.75 Å². The fourth-order valence-corrected chi connectivity index (χ4v) is 9.34. The molecule has 0 radical (unpaired) electrons. The van der Waals surface area contributed by atoms with Crippen molar-refractivity contribution in [1.29, 1.82) is 0 Å². The summed E-state index contributed by atoms with van der Waals surface area (Å²) in [6, 6.07) is 1.45. The van der Waals surface area contributed by atoms with Gasteiger partial charge < -0.3 is 5.11 Å². The molecule has 2 heterocycles. The molecular weight excluding hydrogens is 422 g/mol. The Morgan fingerprint density at radius 2 is 1.68 bits per heavy atom. The average Bonchev–Trinajstić information content (AvgIpc) is 3.07. The molecule has 3 atom stereocenters. The van der Waals surface area contributed by atoms with Gasteiger partial charge in [0.1, 0.15) is 0 Å². The van der Waals surface area contributed by atoms with E-state index in [4.69, 9.17) is 4.28 Å². The summed E-state index contributed by atoms with van der Waals surface area (Å²) in [5, 5.41) is 33.9. The van der Waals surface area contributed by atoms with Crippen LogP contribution in [0.2, 0.25) is 0 Å². The molecule has 25 heavy (non-hydrogen) atoms. The van der Waals surface area contributed by atoms with E-state index in [0.29, 0.717) is 0 Å². The molecule has 0 N–H and O–H groups in total. The molecule has 1 aromatic carbocycles. The number of hydrogen-bond acceptors (Lipinski definition) is 7. The molecule has 3 unspecified atom stereocenters. The van der Waals surface area contributed by atoms with Gasteiger partial charge in [-0.2, -0.15) is 4.28 Å². The van der Waals surface area contributed by atoms with Gasteiger partial charge in [-0.15, -0.1) is 0 Å². The molecule has 2 fully saturated rings.